The zero-order valence-electron chi connectivity index (χ0n) is 16.4. The lowest BCUT2D eigenvalue weighted by atomic mass is 9.57. The third kappa shape index (κ3) is 3.87. The van der Waals surface area contributed by atoms with E-state index in [1.54, 1.807) is 24.3 Å². The van der Waals surface area contributed by atoms with Crippen LogP contribution in [0.5, 0.6) is 0 Å². The van der Waals surface area contributed by atoms with Gasteiger partial charge in [0.15, 0.2) is 0 Å². The Morgan fingerprint density at radius 1 is 1.04 bits per heavy atom. The number of anilines is 2. The van der Waals surface area contributed by atoms with Crippen molar-refractivity contribution in [2.24, 2.45) is 17.8 Å². The first-order valence-electron chi connectivity index (χ1n) is 10.2. The van der Waals surface area contributed by atoms with Gasteiger partial charge in [-0.25, -0.2) is 0 Å². The molecule has 1 amide bonds. The molecule has 2 aliphatic carbocycles. The molecule has 0 heterocycles. The minimum absolute atomic E-state index is 0.123. The van der Waals surface area contributed by atoms with Crippen LogP contribution in [0.25, 0.3) is 0 Å². The number of hydrogen-bond acceptors (Lipinski definition) is 2. The van der Waals surface area contributed by atoms with Crippen molar-refractivity contribution >= 4 is 17.3 Å². The van der Waals surface area contributed by atoms with Crippen LogP contribution in [0, 0.1) is 17.8 Å². The number of benzene rings is 2. The fourth-order valence-corrected chi connectivity index (χ4v) is 5.66. The quantitative estimate of drug-likeness (QED) is 0.696. The summed E-state index contributed by atoms with van der Waals surface area (Å²) in [6.45, 7) is 4.85. The van der Waals surface area contributed by atoms with Crippen LogP contribution in [0.4, 0.5) is 11.4 Å². The van der Waals surface area contributed by atoms with Gasteiger partial charge in [-0.1, -0.05) is 32.0 Å². The van der Waals surface area contributed by atoms with Gasteiger partial charge in [0.05, 0.1) is 0 Å². The largest absolute Gasteiger partial charge is 0.399 e. The predicted octanol–water partition coefficient (Wildman–Crippen LogP) is 5.63. The van der Waals surface area contributed by atoms with Gasteiger partial charge < -0.3 is 11.1 Å². The van der Waals surface area contributed by atoms with Gasteiger partial charge in [0, 0.05) is 16.9 Å². The van der Waals surface area contributed by atoms with Crippen molar-refractivity contribution in [3.05, 3.63) is 59.7 Å². The monoisotopic (exact) mass is 362 g/mol. The molecule has 2 aromatic rings. The van der Waals surface area contributed by atoms with Gasteiger partial charge in [-0.15, -0.1) is 0 Å². The van der Waals surface area contributed by atoms with Crippen LogP contribution in [0.1, 0.15) is 61.9 Å². The van der Waals surface area contributed by atoms with Crippen LogP contribution in [-0.2, 0) is 5.41 Å². The number of carbonyl (C=O) groups excluding carboxylic acids is 1. The summed E-state index contributed by atoms with van der Waals surface area (Å²) in [5.41, 5.74) is 9.47. The Kier molecular flexibility index (Phi) is 4.71. The molecule has 0 spiro atoms. The normalized spacial score (nSPS) is 29.9. The molecule has 4 rings (SSSR count). The van der Waals surface area contributed by atoms with Crippen LogP contribution >= 0.6 is 0 Å². The molecule has 0 aromatic heterocycles. The van der Waals surface area contributed by atoms with E-state index in [4.69, 9.17) is 5.73 Å². The molecular weight excluding hydrogens is 332 g/mol. The molecule has 3 N–H and O–H groups in total. The standard InChI is InChI=1S/C24H30N2O/c1-16-10-17-12-18(11-16)15-24(2,14-17)20-6-8-22(9-7-20)26-23(27)19-4-3-5-21(25)13-19/h3-9,13,16-18H,10-12,14-15,25H2,1-2H3,(H,26,27). The molecule has 2 saturated carbocycles. The number of hydrogen-bond donors (Lipinski definition) is 2. The summed E-state index contributed by atoms with van der Waals surface area (Å²) in [6, 6.07) is 15.6. The van der Waals surface area contributed by atoms with Crippen molar-refractivity contribution in [2.75, 3.05) is 11.1 Å². The number of rotatable bonds is 3. The summed E-state index contributed by atoms with van der Waals surface area (Å²) in [5.74, 6) is 2.52. The first-order valence-corrected chi connectivity index (χ1v) is 10.2. The molecule has 2 aromatic carbocycles. The van der Waals surface area contributed by atoms with Crippen molar-refractivity contribution in [1.29, 1.82) is 0 Å². The average molecular weight is 363 g/mol. The maximum Gasteiger partial charge on any atom is 0.255 e. The first kappa shape index (κ1) is 18.1. The van der Waals surface area contributed by atoms with E-state index in [1.165, 1.54) is 37.7 Å². The molecule has 2 atom stereocenters. The Morgan fingerprint density at radius 3 is 2.33 bits per heavy atom. The highest BCUT2D eigenvalue weighted by atomic mass is 16.1. The minimum atomic E-state index is -0.123. The molecule has 0 radical (unpaired) electrons. The minimum Gasteiger partial charge on any atom is -0.399 e. The second-order valence-electron chi connectivity index (χ2n) is 9.17. The molecule has 2 unspecified atom stereocenters. The van der Waals surface area contributed by atoms with E-state index in [0.29, 0.717) is 11.3 Å². The fraction of sp³-hybridized carbons (Fsp3) is 0.458. The number of amides is 1. The molecule has 142 valence electrons. The summed E-state index contributed by atoms with van der Waals surface area (Å²) in [6.07, 6.45) is 6.79. The zero-order chi connectivity index (χ0) is 19.0. The molecule has 2 fully saturated rings. The van der Waals surface area contributed by atoms with Gasteiger partial charge >= 0.3 is 0 Å². The number of nitrogens with one attached hydrogen (secondary N) is 1. The van der Waals surface area contributed by atoms with Gasteiger partial charge in [0.25, 0.3) is 5.91 Å². The van der Waals surface area contributed by atoms with Crippen LogP contribution in [-0.4, -0.2) is 5.91 Å². The molecule has 2 bridgehead atoms. The third-order valence-electron chi connectivity index (χ3n) is 6.60. The predicted molar refractivity (Wildman–Crippen MR) is 112 cm³/mol. The van der Waals surface area contributed by atoms with E-state index in [9.17, 15) is 4.79 Å². The van der Waals surface area contributed by atoms with Crippen molar-refractivity contribution in [2.45, 2.75) is 51.4 Å². The zero-order valence-corrected chi connectivity index (χ0v) is 16.4. The maximum absolute atomic E-state index is 12.4. The van der Waals surface area contributed by atoms with Gasteiger partial charge in [-0.2, -0.15) is 0 Å². The highest BCUT2D eigenvalue weighted by molar-refractivity contribution is 6.04. The average Bonchev–Trinajstić information content (AvgIpc) is 2.61. The molecule has 27 heavy (non-hydrogen) atoms. The Bertz CT molecular complexity index is 809. The first-order chi connectivity index (χ1) is 12.9. The number of nitrogen functional groups attached to an aromatic ring is 1. The number of carbonyl (C=O) groups is 1. The van der Waals surface area contributed by atoms with E-state index >= 15 is 0 Å². The summed E-state index contributed by atoms with van der Waals surface area (Å²) < 4.78 is 0. The van der Waals surface area contributed by atoms with E-state index in [0.717, 1.165) is 23.4 Å². The van der Waals surface area contributed by atoms with Crippen LogP contribution in [0.15, 0.2) is 48.5 Å². The molecule has 2 aliphatic rings. The Labute approximate surface area is 162 Å². The van der Waals surface area contributed by atoms with Gasteiger partial charge in [0.2, 0.25) is 0 Å². The van der Waals surface area contributed by atoms with Gasteiger partial charge in [0.1, 0.15) is 0 Å². The highest BCUT2D eigenvalue weighted by Gasteiger charge is 2.41. The summed E-state index contributed by atoms with van der Waals surface area (Å²) in [4.78, 5) is 12.4. The van der Waals surface area contributed by atoms with E-state index in [1.807, 2.05) is 12.1 Å². The Morgan fingerprint density at radius 2 is 1.70 bits per heavy atom. The fourth-order valence-electron chi connectivity index (χ4n) is 5.66. The SMILES string of the molecule is CC1CC2CC(C1)CC(C)(c1ccc(NC(=O)c3cccc(N)c3)cc1)C2. The lowest BCUT2D eigenvalue weighted by Gasteiger charge is -2.47. The molecule has 0 aliphatic heterocycles. The van der Waals surface area contributed by atoms with Crippen LogP contribution in [0.3, 0.4) is 0 Å². The molecule has 3 nitrogen and oxygen atoms in total. The Hall–Kier alpha value is -2.29. The van der Waals surface area contributed by atoms with E-state index < -0.39 is 0 Å². The maximum atomic E-state index is 12.4. The van der Waals surface area contributed by atoms with E-state index in [-0.39, 0.29) is 11.3 Å². The van der Waals surface area contributed by atoms with Gasteiger partial charge in [-0.3, -0.25) is 4.79 Å². The summed E-state index contributed by atoms with van der Waals surface area (Å²) in [5, 5.41) is 2.98. The lowest BCUT2D eigenvalue weighted by Crippen LogP contribution is -2.38. The third-order valence-corrected chi connectivity index (χ3v) is 6.60. The van der Waals surface area contributed by atoms with Crippen LogP contribution < -0.4 is 11.1 Å². The number of fused-ring (bicyclic) bond motifs is 2. The lowest BCUT2D eigenvalue weighted by molar-refractivity contribution is 0.0899. The van der Waals surface area contributed by atoms with E-state index in [2.05, 4.69) is 31.3 Å². The summed E-state index contributed by atoms with van der Waals surface area (Å²) in [7, 11) is 0. The highest BCUT2D eigenvalue weighted by Crippen LogP contribution is 2.51. The van der Waals surface area contributed by atoms with Crippen molar-refractivity contribution < 1.29 is 4.79 Å². The second kappa shape index (κ2) is 7.03. The molecule has 0 saturated heterocycles. The van der Waals surface area contributed by atoms with Crippen molar-refractivity contribution in [1.82, 2.24) is 0 Å². The van der Waals surface area contributed by atoms with Gasteiger partial charge in [-0.05, 0) is 91.2 Å². The number of nitrogens with two attached hydrogens (primary N) is 1. The second-order valence-corrected chi connectivity index (χ2v) is 9.17. The van der Waals surface area contributed by atoms with Crippen molar-refractivity contribution in [3.8, 4) is 0 Å². The molecule has 3 heteroatoms. The smallest absolute Gasteiger partial charge is 0.255 e. The van der Waals surface area contributed by atoms with Crippen LogP contribution in [0.2, 0.25) is 0 Å². The Balaban J connectivity index is 1.47. The molecular formula is C24H30N2O. The van der Waals surface area contributed by atoms with Crippen molar-refractivity contribution in [3.63, 3.8) is 0 Å². The topological polar surface area (TPSA) is 55.1 Å². The summed E-state index contributed by atoms with van der Waals surface area (Å²) >= 11 is 0.